The number of hydrogen-bond donors (Lipinski definition) is 4. The van der Waals surface area contributed by atoms with Crippen molar-refractivity contribution >= 4 is 7.82 Å². The molecule has 0 aliphatic rings. The lowest BCUT2D eigenvalue weighted by molar-refractivity contribution is -0.900. The Kier molecular flexibility index (Phi) is 3.89. The Bertz CT molecular complexity index is 121. The Morgan fingerprint density at radius 2 is 1.90 bits per heavy atom. The van der Waals surface area contributed by atoms with Crippen LogP contribution in [0.1, 0.15) is 0 Å². The van der Waals surface area contributed by atoms with Crippen LogP contribution in [0.25, 0.3) is 0 Å². The van der Waals surface area contributed by atoms with Crippen LogP contribution in [-0.4, -0.2) is 20.3 Å². The van der Waals surface area contributed by atoms with Gasteiger partial charge in [0.2, 0.25) is 0 Å². The summed E-state index contributed by atoms with van der Waals surface area (Å²) in [4.78, 5) is 15.6. The average molecular weight is 179 g/mol. The molecule has 0 amide bonds. The predicted octanol–water partition coefficient (Wildman–Crippen LogP) is -0.628. The van der Waals surface area contributed by atoms with Gasteiger partial charge in [-0.1, -0.05) is 0 Å². The van der Waals surface area contributed by atoms with Crippen LogP contribution in [0.3, 0.4) is 0 Å². The number of hydrogen-bond acceptors (Lipinski definition) is 6. The molecule has 0 saturated carbocycles. The summed E-state index contributed by atoms with van der Waals surface area (Å²) in [5.41, 5.74) is 0. The fraction of sp³-hybridized carbons (Fsp3) is 0. The lowest BCUT2D eigenvalue weighted by Crippen LogP contribution is -2.08. The maximum atomic E-state index is 9.71. The van der Waals surface area contributed by atoms with Crippen LogP contribution in [0.2, 0.25) is 0 Å². The molecule has 10 heteroatoms. The Morgan fingerprint density at radius 1 is 1.40 bits per heavy atom. The van der Waals surface area contributed by atoms with E-state index >= 15 is 0 Å². The summed E-state index contributed by atoms with van der Waals surface area (Å²) < 4.78 is 12.8. The number of phosphoric acid groups is 1. The Hall–Kier alpha value is -0.0900. The molecule has 0 aliphatic carbocycles. The minimum Gasteiger partial charge on any atom is -0.301 e. The van der Waals surface area contributed by atoms with Crippen LogP contribution in [0, 0.1) is 0 Å². The molecule has 0 rings (SSSR count). The lowest BCUT2D eigenvalue weighted by Gasteiger charge is -1.96. The highest BCUT2D eigenvalue weighted by atomic mass is 31.2. The van der Waals surface area contributed by atoms with Crippen molar-refractivity contribution in [3.05, 3.63) is 0 Å². The van der Waals surface area contributed by atoms with Gasteiger partial charge in [0.15, 0.2) is 14.9 Å². The maximum absolute atomic E-state index is 9.71. The van der Waals surface area contributed by atoms with Crippen LogP contribution in [-0.2, 0) is 24.1 Å². The predicted molar refractivity (Wildman–Crippen MR) is 21.6 cm³/mol. The SMILES string of the molecule is O=P(O)(O)OO[O+](O)OO. The molecule has 0 radical (unpaired) electrons. The molecule has 0 saturated heterocycles. The zero-order valence-corrected chi connectivity index (χ0v) is 5.17. The fourth-order valence-electron chi connectivity index (χ4n) is 0.0781. The topological polar surface area (TPSA) is 128 Å². The fourth-order valence-corrected chi connectivity index (χ4v) is 0.209. The molecule has 9 nitrogen and oxygen atoms in total. The normalized spacial score (nSPS) is 12.5. The van der Waals surface area contributed by atoms with E-state index in [9.17, 15) is 4.57 Å². The minimum atomic E-state index is -4.87. The molecule has 62 valence electrons. The van der Waals surface area contributed by atoms with Crippen molar-refractivity contribution in [2.75, 3.05) is 0 Å². The smallest absolute Gasteiger partial charge is 0.301 e. The summed E-state index contributed by atoms with van der Waals surface area (Å²) in [6, 6.07) is 0. The highest BCUT2D eigenvalue weighted by molar-refractivity contribution is 7.46. The van der Waals surface area contributed by atoms with Gasteiger partial charge in [-0.3, -0.25) is 0 Å². The van der Waals surface area contributed by atoms with Gasteiger partial charge in [-0.2, -0.15) is 5.26 Å². The molecule has 0 bridgehead atoms. The Labute approximate surface area is 53.5 Å². The van der Waals surface area contributed by atoms with Crippen LogP contribution in [0.15, 0.2) is 0 Å². The van der Waals surface area contributed by atoms with E-state index in [-0.39, 0.29) is 4.82 Å². The second-order valence-corrected chi connectivity index (χ2v) is 2.06. The second kappa shape index (κ2) is 3.93. The molecular weight excluding hydrogens is 175 g/mol. The molecule has 10 heavy (non-hydrogen) atoms. The molecule has 0 aromatic rings. The summed E-state index contributed by atoms with van der Waals surface area (Å²) >= 11 is 0. The Balaban J connectivity index is 3.46. The highest BCUT2D eigenvalue weighted by Crippen LogP contribution is 2.36. The molecule has 0 spiro atoms. The quantitative estimate of drug-likeness (QED) is 0.194. The van der Waals surface area contributed by atoms with Gasteiger partial charge in [0, 0.05) is 0 Å². The van der Waals surface area contributed by atoms with E-state index in [4.69, 9.17) is 20.3 Å². The molecule has 4 N–H and O–H groups in total. The van der Waals surface area contributed by atoms with Gasteiger partial charge in [0.1, 0.15) is 0 Å². The molecule has 0 aliphatic heterocycles. The molecule has 0 heterocycles. The van der Waals surface area contributed by atoms with Crippen molar-refractivity contribution in [2.24, 2.45) is 0 Å². The standard InChI is InChI=1S/H3O9P/c1-6-9(2)7-8-10(3,4)5/h2H,(H2-,1,3,4,5)/p+1. The van der Waals surface area contributed by atoms with E-state index in [0.717, 1.165) is 0 Å². The van der Waals surface area contributed by atoms with E-state index < -0.39 is 7.82 Å². The van der Waals surface area contributed by atoms with Gasteiger partial charge < -0.3 is 9.79 Å². The first-order valence-electron chi connectivity index (χ1n) is 1.63. The molecule has 0 fully saturated rings. The summed E-state index contributed by atoms with van der Waals surface area (Å²) in [6.45, 7) is 0. The van der Waals surface area contributed by atoms with E-state index in [1.54, 1.807) is 0 Å². The van der Waals surface area contributed by atoms with Gasteiger partial charge in [-0.25, -0.2) is 4.57 Å². The maximum Gasteiger partial charge on any atom is 0.502 e. The second-order valence-electron chi connectivity index (χ2n) is 0.925. The van der Waals surface area contributed by atoms with Crippen molar-refractivity contribution in [1.29, 1.82) is 0 Å². The first-order chi connectivity index (χ1) is 4.45. The van der Waals surface area contributed by atoms with Crippen molar-refractivity contribution < 1.29 is 44.4 Å². The van der Waals surface area contributed by atoms with Gasteiger partial charge >= 0.3 is 7.82 Å². The minimum absolute atomic E-state index is 0.0882. The highest BCUT2D eigenvalue weighted by Gasteiger charge is 2.24. The van der Waals surface area contributed by atoms with E-state index in [1.807, 2.05) is 0 Å². The first kappa shape index (κ1) is 9.91. The van der Waals surface area contributed by atoms with Crippen LogP contribution >= 0.6 is 7.82 Å². The molecule has 0 aromatic heterocycles. The lowest BCUT2D eigenvalue weighted by atomic mass is 14.1. The summed E-state index contributed by atoms with van der Waals surface area (Å²) in [5.74, 6) is 0. The molecule has 0 atom stereocenters. The zero-order valence-electron chi connectivity index (χ0n) is 4.28. The Morgan fingerprint density at radius 3 is 2.20 bits per heavy atom. The summed E-state index contributed by atoms with van der Waals surface area (Å²) in [5, 5.41) is 21.1. The van der Waals surface area contributed by atoms with Gasteiger partial charge in [-0.15, -0.1) is 0 Å². The van der Waals surface area contributed by atoms with Crippen LogP contribution in [0.4, 0.5) is 0 Å². The summed E-state index contributed by atoms with van der Waals surface area (Å²) in [7, 11) is -4.87. The van der Waals surface area contributed by atoms with Crippen LogP contribution < -0.4 is 0 Å². The third kappa shape index (κ3) is 6.04. The van der Waals surface area contributed by atoms with Crippen molar-refractivity contribution in [3.63, 3.8) is 0 Å². The van der Waals surface area contributed by atoms with E-state index in [0.29, 0.717) is 0 Å². The first-order valence-corrected chi connectivity index (χ1v) is 3.16. The monoisotopic (exact) mass is 179 g/mol. The average Bonchev–Trinajstić information content (AvgIpc) is 1.81. The largest absolute Gasteiger partial charge is 0.502 e. The molecular formula is H4O9P+. The summed E-state index contributed by atoms with van der Waals surface area (Å²) in [6.07, 6.45) is 0. The van der Waals surface area contributed by atoms with E-state index in [1.165, 1.54) is 0 Å². The third-order valence-electron chi connectivity index (χ3n) is 0.249. The number of rotatable bonds is 4. The molecule has 0 unspecified atom stereocenters. The van der Waals surface area contributed by atoms with Gasteiger partial charge in [0.05, 0.1) is 0 Å². The zero-order chi connectivity index (χ0) is 8.20. The third-order valence-corrected chi connectivity index (χ3v) is 0.505. The van der Waals surface area contributed by atoms with Crippen molar-refractivity contribution in [1.82, 2.24) is 0 Å². The van der Waals surface area contributed by atoms with E-state index in [2.05, 4.69) is 14.8 Å². The van der Waals surface area contributed by atoms with Crippen molar-refractivity contribution in [3.8, 4) is 0 Å². The molecule has 0 aromatic carbocycles. The van der Waals surface area contributed by atoms with Crippen LogP contribution in [0.5, 0.6) is 0 Å². The van der Waals surface area contributed by atoms with Gasteiger partial charge in [-0.05, 0) is 9.93 Å². The van der Waals surface area contributed by atoms with Crippen molar-refractivity contribution in [2.45, 2.75) is 0 Å². The van der Waals surface area contributed by atoms with Gasteiger partial charge in [0.25, 0.3) is 0 Å².